The minimum absolute atomic E-state index is 0.388. The Morgan fingerprint density at radius 1 is 0.714 bits per heavy atom. The molecule has 6 aromatic rings. The van der Waals surface area contributed by atoms with Crippen molar-refractivity contribution in [1.82, 2.24) is 9.97 Å². The number of nitrogens with zero attached hydrogens (tertiary/aromatic N) is 2. The van der Waals surface area contributed by atoms with E-state index in [2.05, 4.69) is 25.9 Å². The molecule has 0 unspecified atom stereocenters. The lowest BCUT2D eigenvalue weighted by Gasteiger charge is -2.04. The summed E-state index contributed by atoms with van der Waals surface area (Å²) in [6, 6.07) is 28.8. The maximum atomic E-state index is 12.6. The number of hydrogen-bond donors (Lipinski definition) is 0. The first-order valence-electron chi connectivity index (χ1n) is 10.5. The molecule has 0 saturated carbocycles. The van der Waals surface area contributed by atoms with Gasteiger partial charge in [0.1, 0.15) is 10.5 Å². The van der Waals surface area contributed by atoms with E-state index in [-0.39, 0.29) is 0 Å². The Kier molecular flexibility index (Phi) is 6.40. The molecule has 8 heteroatoms. The highest BCUT2D eigenvalue weighted by Gasteiger charge is 2.30. The van der Waals surface area contributed by atoms with Gasteiger partial charge in [-0.3, -0.25) is 0 Å². The zero-order valence-electron chi connectivity index (χ0n) is 18.0. The van der Waals surface area contributed by atoms with Crippen molar-refractivity contribution in [3.8, 4) is 22.0 Å². The molecule has 2 aromatic heterocycles. The first-order chi connectivity index (χ1) is 16.9. The standard InChI is InChI=1S/C14H8F3NS.C13H8BrNO/c15-14(16,17)10-6-7-12-11(8-10)18-13(19-12)9-4-2-1-3-5-9;14-10-6-7-11-12(8-10)16-13(15-11)9-4-2-1-3-5-9/h1-8H;1-8H. The Balaban J connectivity index is 0.000000147. The molecule has 0 fully saturated rings. The summed E-state index contributed by atoms with van der Waals surface area (Å²) < 4.78 is 45.3. The molecule has 4 aromatic carbocycles. The summed E-state index contributed by atoms with van der Waals surface area (Å²) in [5.41, 5.74) is 3.31. The highest BCUT2D eigenvalue weighted by molar-refractivity contribution is 9.10. The molecule has 0 spiro atoms. The Morgan fingerprint density at radius 2 is 1.40 bits per heavy atom. The zero-order chi connectivity index (χ0) is 24.4. The molecule has 6 rings (SSSR count). The van der Waals surface area contributed by atoms with Crippen LogP contribution in [0.3, 0.4) is 0 Å². The van der Waals surface area contributed by atoms with Crippen LogP contribution in [0.25, 0.3) is 43.3 Å². The Hall–Kier alpha value is -3.49. The van der Waals surface area contributed by atoms with Crippen LogP contribution in [0.1, 0.15) is 5.56 Å². The fourth-order valence-electron chi connectivity index (χ4n) is 3.41. The number of benzene rings is 4. The number of halogens is 4. The van der Waals surface area contributed by atoms with Gasteiger partial charge in [0.15, 0.2) is 5.58 Å². The van der Waals surface area contributed by atoms with E-state index in [9.17, 15) is 13.2 Å². The molecule has 0 saturated heterocycles. The van der Waals surface area contributed by atoms with Crippen LogP contribution in [0, 0.1) is 0 Å². The molecule has 0 aliphatic carbocycles. The minimum atomic E-state index is -4.33. The van der Waals surface area contributed by atoms with E-state index in [0.717, 1.165) is 48.5 Å². The first kappa shape index (κ1) is 23.3. The summed E-state index contributed by atoms with van der Waals surface area (Å²) in [7, 11) is 0. The van der Waals surface area contributed by atoms with Crippen LogP contribution >= 0.6 is 27.3 Å². The second-order valence-electron chi connectivity index (χ2n) is 7.56. The molecule has 3 nitrogen and oxygen atoms in total. The molecule has 2 heterocycles. The van der Waals surface area contributed by atoms with E-state index >= 15 is 0 Å². The smallest absolute Gasteiger partial charge is 0.416 e. The van der Waals surface area contributed by atoms with Gasteiger partial charge in [0.25, 0.3) is 0 Å². The van der Waals surface area contributed by atoms with Crippen LogP contribution in [0.5, 0.6) is 0 Å². The van der Waals surface area contributed by atoms with Crippen molar-refractivity contribution in [3.63, 3.8) is 0 Å². The molecule has 0 bridgehead atoms. The van der Waals surface area contributed by atoms with Gasteiger partial charge in [-0.2, -0.15) is 13.2 Å². The molecule has 174 valence electrons. The summed E-state index contributed by atoms with van der Waals surface area (Å²) in [5.74, 6) is 0.661. The predicted octanol–water partition coefficient (Wildman–Crippen LogP) is 9.24. The molecular weight excluding hydrogens is 537 g/mol. The lowest BCUT2D eigenvalue weighted by molar-refractivity contribution is -0.137. The van der Waals surface area contributed by atoms with Gasteiger partial charge in [0.05, 0.1) is 15.8 Å². The molecular formula is C27H16BrF3N2OS. The number of hydrogen-bond acceptors (Lipinski definition) is 4. The SMILES string of the molecule is Brc1ccc2nc(-c3ccccc3)oc2c1.FC(F)(F)c1ccc2sc(-c3ccccc3)nc2c1. The normalized spacial score (nSPS) is 11.4. The van der Waals surface area contributed by atoms with Gasteiger partial charge >= 0.3 is 6.18 Å². The Bertz CT molecular complexity index is 1600. The van der Waals surface area contributed by atoms with Gasteiger partial charge in [-0.05, 0) is 48.5 Å². The van der Waals surface area contributed by atoms with Crippen LogP contribution in [-0.2, 0) is 6.18 Å². The van der Waals surface area contributed by atoms with E-state index in [1.807, 2.05) is 78.9 Å². The van der Waals surface area contributed by atoms with Gasteiger partial charge in [0, 0.05) is 15.6 Å². The van der Waals surface area contributed by atoms with Crippen molar-refractivity contribution in [2.45, 2.75) is 6.18 Å². The number of fused-ring (bicyclic) bond motifs is 2. The van der Waals surface area contributed by atoms with Crippen LogP contribution < -0.4 is 0 Å². The summed E-state index contributed by atoms with van der Waals surface area (Å²) in [6.45, 7) is 0. The monoisotopic (exact) mass is 552 g/mol. The van der Waals surface area contributed by atoms with Crippen molar-refractivity contribution < 1.29 is 17.6 Å². The second kappa shape index (κ2) is 9.64. The van der Waals surface area contributed by atoms with Crippen molar-refractivity contribution >= 4 is 48.6 Å². The third-order valence-electron chi connectivity index (χ3n) is 5.11. The summed E-state index contributed by atoms with van der Waals surface area (Å²) in [6.07, 6.45) is -4.33. The average molecular weight is 553 g/mol. The van der Waals surface area contributed by atoms with E-state index in [1.165, 1.54) is 17.4 Å². The predicted molar refractivity (Wildman–Crippen MR) is 137 cm³/mol. The van der Waals surface area contributed by atoms with Crippen LogP contribution in [0.15, 0.2) is 106 Å². The average Bonchev–Trinajstić information content (AvgIpc) is 3.48. The lowest BCUT2D eigenvalue weighted by Crippen LogP contribution is -2.03. The number of oxazole rings is 1. The fraction of sp³-hybridized carbons (Fsp3) is 0.0370. The van der Waals surface area contributed by atoms with Gasteiger partial charge < -0.3 is 4.42 Å². The number of aromatic nitrogens is 2. The topological polar surface area (TPSA) is 38.9 Å². The van der Waals surface area contributed by atoms with E-state index in [1.54, 1.807) is 0 Å². The Morgan fingerprint density at radius 3 is 2.09 bits per heavy atom. The lowest BCUT2D eigenvalue weighted by atomic mass is 10.2. The van der Waals surface area contributed by atoms with Crippen LogP contribution in [0.4, 0.5) is 13.2 Å². The largest absolute Gasteiger partial charge is 0.436 e. The summed E-state index contributed by atoms with van der Waals surface area (Å²) in [4.78, 5) is 8.71. The first-order valence-corrected chi connectivity index (χ1v) is 12.1. The molecule has 35 heavy (non-hydrogen) atoms. The van der Waals surface area contributed by atoms with E-state index in [0.29, 0.717) is 11.4 Å². The minimum Gasteiger partial charge on any atom is -0.436 e. The molecule has 0 atom stereocenters. The van der Waals surface area contributed by atoms with Gasteiger partial charge in [-0.1, -0.05) is 64.5 Å². The quantitative estimate of drug-likeness (QED) is 0.215. The number of rotatable bonds is 2. The fourth-order valence-corrected chi connectivity index (χ4v) is 4.70. The summed E-state index contributed by atoms with van der Waals surface area (Å²) >= 11 is 4.80. The van der Waals surface area contributed by atoms with Crippen molar-refractivity contribution in [3.05, 3.63) is 107 Å². The zero-order valence-corrected chi connectivity index (χ0v) is 20.4. The highest BCUT2D eigenvalue weighted by Crippen LogP contribution is 2.35. The third-order valence-corrected chi connectivity index (χ3v) is 6.69. The molecule has 0 aliphatic rings. The van der Waals surface area contributed by atoms with E-state index < -0.39 is 11.7 Å². The number of thiazole rings is 1. The molecule has 0 radical (unpaired) electrons. The second-order valence-corrected chi connectivity index (χ2v) is 9.51. The van der Waals surface area contributed by atoms with Crippen LogP contribution in [-0.4, -0.2) is 9.97 Å². The van der Waals surface area contributed by atoms with Gasteiger partial charge in [0.2, 0.25) is 5.89 Å². The van der Waals surface area contributed by atoms with E-state index in [4.69, 9.17) is 4.42 Å². The maximum absolute atomic E-state index is 12.6. The van der Waals surface area contributed by atoms with Crippen molar-refractivity contribution in [1.29, 1.82) is 0 Å². The number of alkyl halides is 3. The molecule has 0 aliphatic heterocycles. The molecule has 0 amide bonds. The third kappa shape index (κ3) is 5.28. The van der Waals surface area contributed by atoms with Gasteiger partial charge in [-0.25, -0.2) is 9.97 Å². The summed E-state index contributed by atoms with van der Waals surface area (Å²) in [5, 5.41) is 0.731. The van der Waals surface area contributed by atoms with Gasteiger partial charge in [-0.15, -0.1) is 11.3 Å². The highest BCUT2D eigenvalue weighted by atomic mass is 79.9. The van der Waals surface area contributed by atoms with Crippen molar-refractivity contribution in [2.75, 3.05) is 0 Å². The maximum Gasteiger partial charge on any atom is 0.416 e. The Labute approximate surface area is 211 Å². The van der Waals surface area contributed by atoms with Crippen LogP contribution in [0.2, 0.25) is 0 Å². The van der Waals surface area contributed by atoms with Crippen molar-refractivity contribution in [2.24, 2.45) is 0 Å². The molecule has 0 N–H and O–H groups in total.